The summed E-state index contributed by atoms with van der Waals surface area (Å²) in [6, 6.07) is 11.8. The van der Waals surface area contributed by atoms with Crippen molar-refractivity contribution in [3.8, 4) is 5.75 Å². The Morgan fingerprint density at radius 2 is 1.84 bits per heavy atom. The number of benzene rings is 2. The number of rotatable bonds is 6. The second-order valence-corrected chi connectivity index (χ2v) is 8.35. The van der Waals surface area contributed by atoms with Crippen LogP contribution in [0.4, 0.5) is 11.6 Å². The maximum atomic E-state index is 12.2. The van der Waals surface area contributed by atoms with Crippen LogP contribution in [0.3, 0.4) is 0 Å². The van der Waals surface area contributed by atoms with Crippen LogP contribution in [0.15, 0.2) is 42.6 Å². The quantitative estimate of drug-likeness (QED) is 0.567. The number of carbonyl (C=O) groups is 1. The molecule has 0 radical (unpaired) electrons. The first-order valence-corrected chi connectivity index (χ1v) is 11.0. The van der Waals surface area contributed by atoms with Crippen molar-refractivity contribution < 1.29 is 9.53 Å². The van der Waals surface area contributed by atoms with Gasteiger partial charge in [0.1, 0.15) is 17.4 Å². The van der Waals surface area contributed by atoms with Gasteiger partial charge in [-0.25, -0.2) is 9.97 Å². The third-order valence-corrected chi connectivity index (χ3v) is 5.83. The van der Waals surface area contributed by atoms with Gasteiger partial charge in [0.25, 0.3) is 5.91 Å². The van der Waals surface area contributed by atoms with Gasteiger partial charge in [0, 0.05) is 28.9 Å². The van der Waals surface area contributed by atoms with E-state index < -0.39 is 0 Å². The van der Waals surface area contributed by atoms with E-state index >= 15 is 0 Å². The number of nitrogens with zero attached hydrogens (tertiary/aromatic N) is 2. The van der Waals surface area contributed by atoms with E-state index in [1.165, 1.54) is 0 Å². The van der Waals surface area contributed by atoms with Crippen molar-refractivity contribution in [3.63, 3.8) is 0 Å². The van der Waals surface area contributed by atoms with Gasteiger partial charge in [0.15, 0.2) is 0 Å². The van der Waals surface area contributed by atoms with E-state index in [0.29, 0.717) is 17.6 Å². The molecule has 160 valence electrons. The van der Waals surface area contributed by atoms with Crippen LogP contribution in [0, 0.1) is 6.92 Å². The Bertz CT molecular complexity index is 1090. The highest BCUT2D eigenvalue weighted by Crippen LogP contribution is 2.29. The molecule has 0 atom stereocenters. The fraction of sp³-hybridized carbons (Fsp3) is 0.375. The molecule has 1 saturated heterocycles. The molecule has 1 amide bonds. The molecular formula is C24H27N5O2. The summed E-state index contributed by atoms with van der Waals surface area (Å²) >= 11 is 0. The summed E-state index contributed by atoms with van der Waals surface area (Å²) < 4.78 is 6.31. The van der Waals surface area contributed by atoms with Gasteiger partial charge in [-0.3, -0.25) is 4.79 Å². The molecule has 3 N–H and O–H groups in total. The number of hydrogen-bond donors (Lipinski definition) is 3. The molecule has 2 aromatic carbocycles. The largest absolute Gasteiger partial charge is 0.488 e. The Kier molecular flexibility index (Phi) is 5.42. The van der Waals surface area contributed by atoms with Crippen molar-refractivity contribution in [1.82, 2.24) is 20.6 Å². The Balaban J connectivity index is 1.35. The van der Waals surface area contributed by atoms with E-state index in [-0.39, 0.29) is 12.0 Å². The van der Waals surface area contributed by atoms with Gasteiger partial charge in [-0.1, -0.05) is 6.07 Å². The minimum absolute atomic E-state index is 0.0221. The Labute approximate surface area is 181 Å². The monoisotopic (exact) mass is 417 g/mol. The molecule has 1 aliphatic heterocycles. The minimum atomic E-state index is -0.0221. The SMILES string of the molecule is Cc1ccc(OC2CCNCC2)c2nc(Nc3ccc(C(=O)NC4CC4)cc3)ncc12. The van der Waals surface area contributed by atoms with Crippen LogP contribution in [0.25, 0.3) is 10.9 Å². The summed E-state index contributed by atoms with van der Waals surface area (Å²) in [6.45, 7) is 4.01. The normalized spacial score (nSPS) is 16.8. The van der Waals surface area contributed by atoms with E-state index in [1.54, 1.807) is 0 Å². The summed E-state index contributed by atoms with van der Waals surface area (Å²) in [6.07, 6.45) is 6.18. The van der Waals surface area contributed by atoms with Gasteiger partial charge in [-0.2, -0.15) is 0 Å². The molecule has 0 bridgehead atoms. The zero-order valence-electron chi connectivity index (χ0n) is 17.6. The summed E-state index contributed by atoms with van der Waals surface area (Å²) in [5.74, 6) is 1.28. The molecule has 2 heterocycles. The van der Waals surface area contributed by atoms with Crippen LogP contribution >= 0.6 is 0 Å². The molecule has 31 heavy (non-hydrogen) atoms. The zero-order chi connectivity index (χ0) is 21.2. The smallest absolute Gasteiger partial charge is 0.251 e. The van der Waals surface area contributed by atoms with Gasteiger partial charge in [-0.05, 0) is 81.6 Å². The van der Waals surface area contributed by atoms with Gasteiger partial charge < -0.3 is 20.7 Å². The Morgan fingerprint density at radius 3 is 2.58 bits per heavy atom. The first-order chi connectivity index (χ1) is 15.2. The van der Waals surface area contributed by atoms with Crippen molar-refractivity contribution in [3.05, 3.63) is 53.7 Å². The maximum absolute atomic E-state index is 12.2. The number of aryl methyl sites for hydroxylation is 1. The maximum Gasteiger partial charge on any atom is 0.251 e. The van der Waals surface area contributed by atoms with Gasteiger partial charge >= 0.3 is 0 Å². The third-order valence-electron chi connectivity index (χ3n) is 5.83. The number of piperidine rings is 1. The lowest BCUT2D eigenvalue weighted by atomic mass is 10.1. The first-order valence-electron chi connectivity index (χ1n) is 11.0. The number of ether oxygens (including phenoxy) is 1. The topological polar surface area (TPSA) is 88.2 Å². The third kappa shape index (κ3) is 4.61. The molecule has 5 rings (SSSR count). The lowest BCUT2D eigenvalue weighted by molar-refractivity contribution is 0.0951. The highest BCUT2D eigenvalue weighted by atomic mass is 16.5. The van der Waals surface area contributed by atoms with Crippen molar-refractivity contribution >= 4 is 28.4 Å². The fourth-order valence-corrected chi connectivity index (χ4v) is 3.81. The Morgan fingerprint density at radius 1 is 1.06 bits per heavy atom. The molecule has 1 aliphatic carbocycles. The standard InChI is InChI=1S/C24H27N5O2/c1-15-2-9-21(31-19-10-12-25-13-11-19)22-20(15)14-26-24(29-22)28-18-5-3-16(4-6-18)23(30)27-17-7-8-17/h2-6,9,14,17,19,25H,7-8,10-13H2,1H3,(H,27,30)(H,26,28,29). The number of fused-ring (bicyclic) bond motifs is 1. The molecular weight excluding hydrogens is 390 g/mol. The number of nitrogens with one attached hydrogen (secondary N) is 3. The second kappa shape index (κ2) is 8.51. The molecule has 7 heteroatoms. The zero-order valence-corrected chi connectivity index (χ0v) is 17.6. The van der Waals surface area contributed by atoms with Gasteiger partial charge in [0.05, 0.1) is 0 Å². The molecule has 7 nitrogen and oxygen atoms in total. The van der Waals surface area contributed by atoms with Crippen LogP contribution in [0.1, 0.15) is 41.6 Å². The minimum Gasteiger partial charge on any atom is -0.488 e. The fourth-order valence-electron chi connectivity index (χ4n) is 3.81. The highest BCUT2D eigenvalue weighted by Gasteiger charge is 2.23. The predicted molar refractivity (Wildman–Crippen MR) is 121 cm³/mol. The van der Waals surface area contributed by atoms with E-state index in [0.717, 1.165) is 66.7 Å². The molecule has 0 unspecified atom stereocenters. The summed E-state index contributed by atoms with van der Waals surface area (Å²) in [4.78, 5) is 21.4. The van der Waals surface area contributed by atoms with Crippen LogP contribution in [-0.4, -0.2) is 41.1 Å². The molecule has 2 aliphatic rings. The number of amides is 1. The van der Waals surface area contributed by atoms with Crippen LogP contribution in [-0.2, 0) is 0 Å². The van der Waals surface area contributed by atoms with E-state index in [2.05, 4.69) is 33.9 Å². The van der Waals surface area contributed by atoms with Crippen LogP contribution < -0.4 is 20.7 Å². The average Bonchev–Trinajstić information content (AvgIpc) is 3.61. The van der Waals surface area contributed by atoms with Gasteiger partial charge in [-0.15, -0.1) is 0 Å². The molecule has 1 saturated carbocycles. The number of hydrogen-bond acceptors (Lipinski definition) is 6. The molecule has 1 aromatic heterocycles. The number of carbonyl (C=O) groups excluding carboxylic acids is 1. The van der Waals surface area contributed by atoms with Gasteiger partial charge in [0.2, 0.25) is 5.95 Å². The van der Waals surface area contributed by atoms with E-state index in [4.69, 9.17) is 9.72 Å². The summed E-state index contributed by atoms with van der Waals surface area (Å²) in [5.41, 5.74) is 3.42. The van der Waals surface area contributed by atoms with Crippen LogP contribution in [0.5, 0.6) is 5.75 Å². The Hall–Kier alpha value is -3.19. The highest BCUT2D eigenvalue weighted by molar-refractivity contribution is 5.95. The van der Waals surface area contributed by atoms with Crippen LogP contribution in [0.2, 0.25) is 0 Å². The average molecular weight is 418 g/mol. The van der Waals surface area contributed by atoms with Crippen molar-refractivity contribution in [1.29, 1.82) is 0 Å². The lowest BCUT2D eigenvalue weighted by Crippen LogP contribution is -2.34. The molecule has 0 spiro atoms. The second-order valence-electron chi connectivity index (χ2n) is 8.35. The van der Waals surface area contributed by atoms with E-state index in [1.807, 2.05) is 36.5 Å². The summed E-state index contributed by atoms with van der Waals surface area (Å²) in [5, 5.41) is 10.6. The lowest BCUT2D eigenvalue weighted by Gasteiger charge is -2.24. The number of aromatic nitrogens is 2. The van der Waals surface area contributed by atoms with E-state index in [9.17, 15) is 4.79 Å². The van der Waals surface area contributed by atoms with Crippen molar-refractivity contribution in [2.75, 3.05) is 18.4 Å². The number of anilines is 2. The summed E-state index contributed by atoms with van der Waals surface area (Å²) in [7, 11) is 0. The van der Waals surface area contributed by atoms with Crippen molar-refractivity contribution in [2.45, 2.75) is 44.8 Å². The predicted octanol–water partition coefficient (Wildman–Crippen LogP) is 3.70. The molecule has 3 aromatic rings. The first kappa shape index (κ1) is 19.8. The van der Waals surface area contributed by atoms with Crippen molar-refractivity contribution in [2.24, 2.45) is 0 Å². The molecule has 2 fully saturated rings.